The van der Waals surface area contributed by atoms with E-state index in [0.29, 0.717) is 5.31 Å². The molecule has 0 fully saturated rings. The highest BCUT2D eigenvalue weighted by Crippen LogP contribution is 2.14. The van der Waals surface area contributed by atoms with Gasteiger partial charge in [-0.05, 0) is 24.2 Å². The second-order valence-electron chi connectivity index (χ2n) is 2.13. The van der Waals surface area contributed by atoms with Crippen LogP contribution in [0.4, 0.5) is 11.4 Å². The first-order valence-electron chi connectivity index (χ1n) is 8.47. The maximum Gasteiger partial charge on any atom is 0.167 e. The zero-order chi connectivity index (χ0) is 17.6. The SMILES string of the molecule is [2H]c1cc(N([2H])c2c([2H])c([2H])c([2H])c([2H])c2[2H])c([2H])c([2H])c1[2H]. The van der Waals surface area contributed by atoms with Crippen LogP contribution in [0, 0.1) is 0 Å². The minimum atomic E-state index is -0.626. The Bertz CT molecular complexity index is 774. The van der Waals surface area contributed by atoms with Gasteiger partial charge < -0.3 is 5.31 Å². The van der Waals surface area contributed by atoms with E-state index < -0.39 is 60.1 Å². The Hall–Kier alpha value is -1.76. The lowest BCUT2D eigenvalue weighted by molar-refractivity contribution is 1.55. The van der Waals surface area contributed by atoms with Crippen LogP contribution < -0.4 is 5.31 Å². The summed E-state index contributed by atoms with van der Waals surface area (Å²) in [6, 6.07) is -4.11. The monoisotopic (exact) mass is 179 g/mol. The van der Waals surface area contributed by atoms with Crippen LogP contribution in [0.2, 0.25) is 1.41 Å². The molecule has 13 heavy (non-hydrogen) atoms. The average molecular weight is 179 g/mol. The number of hydrogen-bond donors (Lipinski definition) is 1. The molecule has 2 aromatic carbocycles. The molecule has 0 heterocycles. The molecule has 2 aromatic rings. The fourth-order valence-electron chi connectivity index (χ4n) is 0.752. The summed E-state index contributed by atoms with van der Waals surface area (Å²) in [6.07, 6.45) is 0. The molecule has 1 heteroatoms. The summed E-state index contributed by atoms with van der Waals surface area (Å²) in [4.78, 5) is 0. The molecule has 0 saturated carbocycles. The molecular weight excluding hydrogens is 158 g/mol. The summed E-state index contributed by atoms with van der Waals surface area (Å²) in [5.74, 6) is 0. The van der Waals surface area contributed by atoms with E-state index in [1.165, 1.54) is 0 Å². The average Bonchev–Trinajstić information content (AvgIpc) is 2.52. The number of para-hydroxylation sites is 2. The molecule has 1 nitrogen and oxygen atoms in total. The third kappa shape index (κ3) is 2.09. The van der Waals surface area contributed by atoms with Crippen LogP contribution in [0.15, 0.2) is 60.4 Å². The van der Waals surface area contributed by atoms with Crippen molar-refractivity contribution in [1.29, 1.82) is 0 Å². The molecule has 0 saturated heterocycles. The standard InChI is InChI=1S/C12H11N/c1-3-7-11(8-4-1)13-12-9-5-2-6-10-12/h1-10,13H/i1D,2D,3D,4D,5D,6D,7D,8D,9D/hD. The van der Waals surface area contributed by atoms with E-state index in [9.17, 15) is 0 Å². The van der Waals surface area contributed by atoms with Crippen LogP contribution in [-0.4, -0.2) is 0 Å². The molecular formula is C12H11N. The lowest BCUT2D eigenvalue weighted by Gasteiger charge is -2.04. The molecule has 0 spiro atoms. The van der Waals surface area contributed by atoms with Gasteiger partial charge in [0.15, 0.2) is 1.41 Å². The van der Waals surface area contributed by atoms with E-state index in [0.717, 1.165) is 6.07 Å². The van der Waals surface area contributed by atoms with Crippen molar-refractivity contribution < 1.29 is 13.7 Å². The number of hydrogen-bond acceptors (Lipinski definition) is 1. The first-order valence-corrected chi connectivity index (χ1v) is 3.52. The highest BCUT2D eigenvalue weighted by Gasteiger charge is 1.89. The third-order valence-corrected chi connectivity index (χ3v) is 1.25. The Labute approximate surface area is 92.1 Å². The summed E-state index contributed by atoms with van der Waals surface area (Å²) in [7, 11) is 0. The summed E-state index contributed by atoms with van der Waals surface area (Å²) in [6.45, 7) is 0. The van der Waals surface area contributed by atoms with E-state index in [2.05, 4.69) is 0 Å². The Morgan fingerprint density at radius 3 is 2.23 bits per heavy atom. The van der Waals surface area contributed by atoms with Crippen molar-refractivity contribution in [1.82, 2.24) is 0 Å². The van der Waals surface area contributed by atoms with E-state index in [1.807, 2.05) is 0 Å². The molecule has 0 atom stereocenters. The van der Waals surface area contributed by atoms with Crippen LogP contribution in [-0.2, 0) is 0 Å². The zero-order valence-corrected chi connectivity index (χ0v) is 6.52. The van der Waals surface area contributed by atoms with Crippen molar-refractivity contribution in [3.8, 4) is 0 Å². The maximum absolute atomic E-state index is 8.02. The van der Waals surface area contributed by atoms with E-state index in [-0.39, 0.29) is 5.69 Å². The van der Waals surface area contributed by atoms with Crippen LogP contribution in [0.1, 0.15) is 12.3 Å². The van der Waals surface area contributed by atoms with Crippen LogP contribution in [0.25, 0.3) is 0 Å². The molecule has 1 N–H and O–H groups in total. The molecule has 64 valence electrons. The van der Waals surface area contributed by atoms with Crippen molar-refractivity contribution in [3.05, 3.63) is 60.4 Å². The number of benzene rings is 2. The molecule has 0 amide bonds. The third-order valence-electron chi connectivity index (χ3n) is 1.25. The lowest BCUT2D eigenvalue weighted by atomic mass is 10.3. The highest BCUT2D eigenvalue weighted by atomic mass is 14.9. The molecule has 0 radical (unpaired) electrons. The van der Waals surface area contributed by atoms with E-state index >= 15 is 0 Å². The minimum absolute atomic E-state index is 0.311. The Morgan fingerprint density at radius 1 is 0.846 bits per heavy atom. The van der Waals surface area contributed by atoms with Gasteiger partial charge in [-0.15, -0.1) is 0 Å². The van der Waals surface area contributed by atoms with Gasteiger partial charge in [-0.25, -0.2) is 0 Å². The smallest absolute Gasteiger partial charge is 0.167 e. The summed E-state index contributed by atoms with van der Waals surface area (Å²) in [5, 5.41) is 0.429. The van der Waals surface area contributed by atoms with Crippen molar-refractivity contribution in [3.63, 3.8) is 0 Å². The predicted octanol–water partition coefficient (Wildman–Crippen LogP) is 3.43. The molecule has 0 aliphatic rings. The van der Waals surface area contributed by atoms with Crippen molar-refractivity contribution >= 4 is 11.4 Å². The summed E-state index contributed by atoms with van der Waals surface area (Å²) >= 11 is 0. The van der Waals surface area contributed by atoms with Crippen molar-refractivity contribution in [2.75, 3.05) is 5.31 Å². The molecule has 0 aromatic heterocycles. The van der Waals surface area contributed by atoms with Gasteiger partial charge >= 0.3 is 0 Å². The Balaban J connectivity index is 2.75. The molecule has 0 aliphatic heterocycles. The predicted molar refractivity (Wildman–Crippen MR) is 56.2 cm³/mol. The first-order chi connectivity index (χ1) is 10.6. The minimum Gasteiger partial charge on any atom is -0.356 e. The van der Waals surface area contributed by atoms with Gasteiger partial charge in [0, 0.05) is 11.4 Å². The molecule has 0 bridgehead atoms. The maximum atomic E-state index is 8.02. The summed E-state index contributed by atoms with van der Waals surface area (Å²) < 4.78 is 76.8. The Morgan fingerprint density at radius 2 is 1.46 bits per heavy atom. The fourth-order valence-corrected chi connectivity index (χ4v) is 0.752. The van der Waals surface area contributed by atoms with E-state index in [4.69, 9.17) is 13.7 Å². The van der Waals surface area contributed by atoms with E-state index in [1.54, 1.807) is 0 Å². The van der Waals surface area contributed by atoms with Crippen molar-refractivity contribution in [2.45, 2.75) is 0 Å². The first kappa shape index (κ1) is 2.38. The van der Waals surface area contributed by atoms with Gasteiger partial charge in [0.2, 0.25) is 0 Å². The number of rotatable bonds is 2. The van der Waals surface area contributed by atoms with Crippen molar-refractivity contribution in [2.24, 2.45) is 0 Å². The topological polar surface area (TPSA) is 12.0 Å². The van der Waals surface area contributed by atoms with Gasteiger partial charge in [0.1, 0.15) is 0 Å². The Kier molecular flexibility index (Phi) is 0.690. The van der Waals surface area contributed by atoms with Gasteiger partial charge in [-0.1, -0.05) is 36.3 Å². The second kappa shape index (κ2) is 3.76. The van der Waals surface area contributed by atoms with Gasteiger partial charge in [0.05, 0.1) is 12.3 Å². The molecule has 2 rings (SSSR count). The van der Waals surface area contributed by atoms with Crippen LogP contribution in [0.5, 0.6) is 0 Å². The second-order valence-corrected chi connectivity index (χ2v) is 2.13. The fraction of sp³-hybridized carbons (Fsp3) is 0. The highest BCUT2D eigenvalue weighted by molar-refractivity contribution is 5.58. The largest absolute Gasteiger partial charge is 0.356 e. The quantitative estimate of drug-likeness (QED) is 0.744. The molecule has 0 aliphatic carbocycles. The normalized spacial score (nSPS) is 20.3. The number of nitrogens with one attached hydrogen (secondary N) is 1. The molecule has 0 unspecified atom stereocenters. The van der Waals surface area contributed by atoms with Gasteiger partial charge in [0.25, 0.3) is 0 Å². The lowest BCUT2D eigenvalue weighted by Crippen LogP contribution is -1.87. The zero-order valence-electron chi connectivity index (χ0n) is 16.5. The van der Waals surface area contributed by atoms with Crippen LogP contribution >= 0.6 is 0 Å². The van der Waals surface area contributed by atoms with Gasteiger partial charge in [-0.3, -0.25) is 0 Å². The number of anilines is 2. The van der Waals surface area contributed by atoms with Crippen LogP contribution in [0.3, 0.4) is 0 Å². The van der Waals surface area contributed by atoms with Gasteiger partial charge in [-0.2, -0.15) is 0 Å². The summed E-state index contributed by atoms with van der Waals surface area (Å²) in [5.41, 5.74) is -0.796.